The van der Waals surface area contributed by atoms with E-state index in [0.717, 1.165) is 15.1 Å². The molecule has 2 amide bonds. The minimum Gasteiger partial charge on any atom is -0.322 e. The van der Waals surface area contributed by atoms with Gasteiger partial charge in [0.25, 0.3) is 5.91 Å². The third-order valence-electron chi connectivity index (χ3n) is 4.40. The van der Waals surface area contributed by atoms with E-state index in [1.165, 1.54) is 47.4 Å². The van der Waals surface area contributed by atoms with Crippen molar-refractivity contribution in [2.24, 2.45) is 0 Å². The number of benzene rings is 3. The molecule has 1 atom stereocenters. The average molecular weight is 452 g/mol. The Balaban J connectivity index is 1.38. The Morgan fingerprint density at radius 2 is 1.77 bits per heavy atom. The lowest BCUT2D eigenvalue weighted by Gasteiger charge is -2.12. The Hall–Kier alpha value is -3.23. The zero-order valence-corrected chi connectivity index (χ0v) is 18.1. The molecule has 0 bridgehead atoms. The number of nitrogens with one attached hydrogen (secondary N) is 2. The highest BCUT2D eigenvalue weighted by molar-refractivity contribution is 8.00. The van der Waals surface area contributed by atoms with Gasteiger partial charge >= 0.3 is 0 Å². The minimum absolute atomic E-state index is 0.148. The molecule has 5 nitrogen and oxygen atoms in total. The van der Waals surface area contributed by atoms with Crippen LogP contribution >= 0.6 is 23.1 Å². The second-order valence-electron chi connectivity index (χ2n) is 6.72. The molecule has 1 aromatic heterocycles. The molecule has 2 N–H and O–H groups in total. The molecule has 0 saturated carbocycles. The molecule has 1 heterocycles. The van der Waals surface area contributed by atoms with Gasteiger partial charge in [-0.15, -0.1) is 11.8 Å². The first-order valence-electron chi connectivity index (χ1n) is 9.48. The number of halogens is 1. The first kappa shape index (κ1) is 21.0. The Bertz CT molecular complexity index is 1210. The standard InChI is InChI=1S/C23H18FN3O2S2/c1-14(21(28)27-23-26-19-7-2-3-8-20(19)31-23)30-18-6-4-5-17(13-18)25-22(29)15-9-11-16(24)12-10-15/h2-14H,1H3,(H,25,29)(H,26,27,28). The topological polar surface area (TPSA) is 71.1 Å². The predicted molar refractivity (Wildman–Crippen MR) is 124 cm³/mol. The maximum absolute atomic E-state index is 13.0. The van der Waals surface area contributed by atoms with Crippen molar-refractivity contribution in [3.8, 4) is 0 Å². The van der Waals surface area contributed by atoms with E-state index in [2.05, 4.69) is 15.6 Å². The van der Waals surface area contributed by atoms with Crippen LogP contribution in [-0.2, 0) is 4.79 Å². The van der Waals surface area contributed by atoms with Crippen LogP contribution in [-0.4, -0.2) is 22.0 Å². The lowest BCUT2D eigenvalue weighted by molar-refractivity contribution is -0.115. The summed E-state index contributed by atoms with van der Waals surface area (Å²) in [6, 6.07) is 20.3. The van der Waals surface area contributed by atoms with E-state index in [1.807, 2.05) is 37.3 Å². The zero-order valence-electron chi connectivity index (χ0n) is 16.5. The van der Waals surface area contributed by atoms with Crippen molar-refractivity contribution in [2.75, 3.05) is 10.6 Å². The van der Waals surface area contributed by atoms with Gasteiger partial charge in [0, 0.05) is 16.1 Å². The lowest BCUT2D eigenvalue weighted by Crippen LogP contribution is -2.22. The Morgan fingerprint density at radius 3 is 2.55 bits per heavy atom. The van der Waals surface area contributed by atoms with Crippen molar-refractivity contribution in [1.29, 1.82) is 0 Å². The number of anilines is 2. The molecule has 0 spiro atoms. The zero-order chi connectivity index (χ0) is 21.8. The number of nitrogens with zero attached hydrogens (tertiary/aromatic N) is 1. The second-order valence-corrected chi connectivity index (χ2v) is 9.17. The third-order valence-corrected chi connectivity index (χ3v) is 6.45. The highest BCUT2D eigenvalue weighted by Gasteiger charge is 2.17. The van der Waals surface area contributed by atoms with Crippen LogP contribution in [0.3, 0.4) is 0 Å². The van der Waals surface area contributed by atoms with Gasteiger partial charge in [0.1, 0.15) is 5.82 Å². The number of fused-ring (bicyclic) bond motifs is 1. The maximum atomic E-state index is 13.0. The van der Waals surface area contributed by atoms with Gasteiger partial charge in [-0.05, 0) is 61.5 Å². The van der Waals surface area contributed by atoms with Crippen molar-refractivity contribution in [3.05, 3.63) is 84.2 Å². The summed E-state index contributed by atoms with van der Waals surface area (Å²) < 4.78 is 14.1. The smallest absolute Gasteiger partial charge is 0.255 e. The van der Waals surface area contributed by atoms with Crippen molar-refractivity contribution >= 4 is 55.9 Å². The van der Waals surface area contributed by atoms with E-state index in [1.54, 1.807) is 18.2 Å². The number of rotatable bonds is 6. The van der Waals surface area contributed by atoms with Gasteiger partial charge in [0.2, 0.25) is 5.91 Å². The van der Waals surface area contributed by atoms with Crippen LogP contribution in [0.25, 0.3) is 10.2 Å². The van der Waals surface area contributed by atoms with Crippen LogP contribution in [0.15, 0.2) is 77.7 Å². The summed E-state index contributed by atoms with van der Waals surface area (Å²) in [6.45, 7) is 1.82. The molecule has 0 saturated heterocycles. The quantitative estimate of drug-likeness (QED) is 0.363. The number of thioether (sulfide) groups is 1. The predicted octanol–water partition coefficient (Wildman–Crippen LogP) is 5.81. The van der Waals surface area contributed by atoms with Gasteiger partial charge in [0.05, 0.1) is 15.5 Å². The number of para-hydroxylation sites is 1. The maximum Gasteiger partial charge on any atom is 0.255 e. The molecular formula is C23H18FN3O2S2. The Labute approximate surface area is 186 Å². The number of carbonyl (C=O) groups is 2. The van der Waals surface area contributed by atoms with Gasteiger partial charge in [-0.3, -0.25) is 9.59 Å². The highest BCUT2D eigenvalue weighted by Crippen LogP contribution is 2.29. The van der Waals surface area contributed by atoms with Crippen LogP contribution in [0.5, 0.6) is 0 Å². The molecule has 31 heavy (non-hydrogen) atoms. The SMILES string of the molecule is CC(Sc1cccc(NC(=O)c2ccc(F)cc2)c1)C(=O)Nc1nc2ccccc2s1. The second kappa shape index (κ2) is 9.28. The molecule has 0 radical (unpaired) electrons. The van der Waals surface area contributed by atoms with E-state index in [-0.39, 0.29) is 17.1 Å². The molecule has 0 aliphatic heterocycles. The molecule has 156 valence electrons. The molecule has 1 unspecified atom stereocenters. The number of amides is 2. The number of aromatic nitrogens is 1. The van der Waals surface area contributed by atoms with Crippen molar-refractivity contribution in [3.63, 3.8) is 0 Å². The van der Waals surface area contributed by atoms with E-state index >= 15 is 0 Å². The summed E-state index contributed by atoms with van der Waals surface area (Å²) in [7, 11) is 0. The number of hydrogen-bond donors (Lipinski definition) is 2. The fourth-order valence-corrected chi connectivity index (χ4v) is 4.64. The molecule has 0 aliphatic rings. The molecule has 8 heteroatoms. The third kappa shape index (κ3) is 5.28. The van der Waals surface area contributed by atoms with Crippen molar-refractivity contribution in [1.82, 2.24) is 4.98 Å². The van der Waals surface area contributed by atoms with Gasteiger partial charge in [0.15, 0.2) is 5.13 Å². The molecule has 0 aliphatic carbocycles. The van der Waals surface area contributed by atoms with E-state index in [9.17, 15) is 14.0 Å². The highest BCUT2D eigenvalue weighted by atomic mass is 32.2. The van der Waals surface area contributed by atoms with Gasteiger partial charge in [-0.2, -0.15) is 0 Å². The number of hydrogen-bond acceptors (Lipinski definition) is 5. The molecule has 0 fully saturated rings. The lowest BCUT2D eigenvalue weighted by atomic mass is 10.2. The molecule has 3 aromatic carbocycles. The number of carbonyl (C=O) groups excluding carboxylic acids is 2. The summed E-state index contributed by atoms with van der Waals surface area (Å²) in [5, 5.41) is 5.87. The molecule has 4 rings (SSSR count). The van der Waals surface area contributed by atoms with Crippen molar-refractivity contribution < 1.29 is 14.0 Å². The fourth-order valence-electron chi connectivity index (χ4n) is 2.84. The minimum atomic E-state index is -0.395. The van der Waals surface area contributed by atoms with Crippen LogP contribution in [0, 0.1) is 5.82 Å². The van der Waals surface area contributed by atoms with E-state index < -0.39 is 5.82 Å². The van der Waals surface area contributed by atoms with Crippen LogP contribution < -0.4 is 10.6 Å². The van der Waals surface area contributed by atoms with E-state index in [0.29, 0.717) is 16.4 Å². The van der Waals surface area contributed by atoms with Gasteiger partial charge in [-0.1, -0.05) is 29.5 Å². The monoisotopic (exact) mass is 451 g/mol. The number of thiazole rings is 1. The normalized spacial score (nSPS) is 11.8. The summed E-state index contributed by atoms with van der Waals surface area (Å²) in [5.74, 6) is -0.873. The van der Waals surface area contributed by atoms with Crippen LogP contribution in [0.1, 0.15) is 17.3 Å². The summed E-state index contributed by atoms with van der Waals surface area (Å²) in [5.41, 5.74) is 1.81. The Kier molecular flexibility index (Phi) is 6.29. The molecular weight excluding hydrogens is 433 g/mol. The van der Waals surface area contributed by atoms with Gasteiger partial charge < -0.3 is 10.6 Å². The molecule has 4 aromatic rings. The van der Waals surface area contributed by atoms with Gasteiger partial charge in [-0.25, -0.2) is 9.37 Å². The first-order chi connectivity index (χ1) is 15.0. The largest absolute Gasteiger partial charge is 0.322 e. The van der Waals surface area contributed by atoms with Crippen molar-refractivity contribution in [2.45, 2.75) is 17.1 Å². The summed E-state index contributed by atoms with van der Waals surface area (Å²) in [6.07, 6.45) is 0. The Morgan fingerprint density at radius 1 is 1.00 bits per heavy atom. The summed E-state index contributed by atoms with van der Waals surface area (Å²) in [4.78, 5) is 30.2. The van der Waals surface area contributed by atoms with Crippen LogP contribution in [0.2, 0.25) is 0 Å². The average Bonchev–Trinajstić information content (AvgIpc) is 3.16. The van der Waals surface area contributed by atoms with Crippen LogP contribution in [0.4, 0.5) is 15.2 Å². The first-order valence-corrected chi connectivity index (χ1v) is 11.2. The van der Waals surface area contributed by atoms with E-state index in [4.69, 9.17) is 0 Å². The fraction of sp³-hybridized carbons (Fsp3) is 0.0870. The summed E-state index contributed by atoms with van der Waals surface area (Å²) >= 11 is 2.81.